The molecule has 5 heteroatoms. The summed E-state index contributed by atoms with van der Waals surface area (Å²) in [6.07, 6.45) is 0. The van der Waals surface area contributed by atoms with Gasteiger partial charge in [0.2, 0.25) is 0 Å². The van der Waals surface area contributed by atoms with Crippen molar-refractivity contribution in [1.29, 1.82) is 0 Å². The van der Waals surface area contributed by atoms with Crippen LogP contribution in [0.1, 0.15) is 0 Å². The number of nitrogens with two attached hydrogens (primary N) is 1. The predicted octanol–water partition coefficient (Wildman–Crippen LogP) is 0.115. The Morgan fingerprint density at radius 3 is 2.89 bits per heavy atom. The van der Waals surface area contributed by atoms with Crippen LogP contribution >= 0.6 is 15.9 Å². The second-order valence-corrected chi connectivity index (χ2v) is 2.29. The van der Waals surface area contributed by atoms with Crippen LogP contribution in [0.25, 0.3) is 0 Å². The van der Waals surface area contributed by atoms with Crippen LogP contribution in [0.4, 0.5) is 5.69 Å². The lowest BCUT2D eigenvalue weighted by molar-refractivity contribution is 0.970. The van der Waals surface area contributed by atoms with E-state index in [0.29, 0.717) is 4.60 Å². The lowest BCUT2D eigenvalue weighted by atomic mass is 10.5. The molecule has 0 radical (unpaired) electrons. The van der Waals surface area contributed by atoms with E-state index in [1.165, 1.54) is 6.07 Å². The number of halogens is 1. The van der Waals surface area contributed by atoms with Gasteiger partial charge in [0.05, 0.1) is 0 Å². The molecule has 0 amide bonds. The molecule has 0 aromatic carbocycles. The van der Waals surface area contributed by atoms with Crippen molar-refractivity contribution in [3.63, 3.8) is 0 Å². The summed E-state index contributed by atoms with van der Waals surface area (Å²) in [5.74, 6) is 0. The highest BCUT2D eigenvalue weighted by atomic mass is 79.9. The molecule has 1 heterocycles. The van der Waals surface area contributed by atoms with Gasteiger partial charge in [-0.3, -0.25) is 4.79 Å². The molecule has 1 aromatic heterocycles. The highest BCUT2D eigenvalue weighted by molar-refractivity contribution is 9.10. The molecule has 0 unspecified atom stereocenters. The van der Waals surface area contributed by atoms with E-state index in [9.17, 15) is 4.79 Å². The van der Waals surface area contributed by atoms with Crippen LogP contribution in [0.15, 0.2) is 15.5 Å². The Hall–Kier alpha value is -0.840. The van der Waals surface area contributed by atoms with Crippen LogP contribution in [0.5, 0.6) is 0 Å². The summed E-state index contributed by atoms with van der Waals surface area (Å²) in [5, 5.41) is 5.73. The van der Waals surface area contributed by atoms with E-state index in [1.54, 1.807) is 0 Å². The van der Waals surface area contributed by atoms with Crippen molar-refractivity contribution in [2.45, 2.75) is 0 Å². The molecule has 0 saturated carbocycles. The molecule has 0 aliphatic rings. The summed E-state index contributed by atoms with van der Waals surface area (Å²) in [5.41, 5.74) is 5.01. The highest BCUT2D eigenvalue weighted by Gasteiger charge is 1.92. The fraction of sp³-hybridized carbons (Fsp3) is 0. The second kappa shape index (κ2) is 2.18. The number of hydrogen-bond acceptors (Lipinski definition) is 3. The minimum atomic E-state index is -0.363. The van der Waals surface area contributed by atoms with Crippen LogP contribution in [0.3, 0.4) is 0 Å². The molecule has 0 saturated heterocycles. The number of nitrogens with one attached hydrogen (secondary N) is 1. The zero-order valence-corrected chi connectivity index (χ0v) is 5.97. The van der Waals surface area contributed by atoms with E-state index >= 15 is 0 Å². The Balaban J connectivity index is 3.34. The molecule has 0 fully saturated rings. The smallest absolute Gasteiger partial charge is 0.287 e. The normalized spacial score (nSPS) is 9.44. The maximum atomic E-state index is 10.5. The minimum absolute atomic E-state index is 0.164. The number of rotatable bonds is 0. The Bertz CT molecular complexity index is 269. The largest absolute Gasteiger partial charge is 0.394 e. The van der Waals surface area contributed by atoms with Crippen LogP contribution in [-0.4, -0.2) is 10.2 Å². The van der Waals surface area contributed by atoms with Gasteiger partial charge in [-0.2, -0.15) is 5.10 Å². The number of H-pyrrole nitrogens is 1. The van der Waals surface area contributed by atoms with E-state index in [-0.39, 0.29) is 11.2 Å². The van der Waals surface area contributed by atoms with Crippen molar-refractivity contribution in [3.8, 4) is 0 Å². The van der Waals surface area contributed by atoms with Gasteiger partial charge < -0.3 is 5.73 Å². The van der Waals surface area contributed by atoms with Crippen LogP contribution < -0.4 is 11.3 Å². The number of aromatic nitrogens is 2. The third-order valence-corrected chi connectivity index (χ3v) is 1.21. The Kier molecular flexibility index (Phi) is 1.52. The van der Waals surface area contributed by atoms with E-state index in [1.807, 2.05) is 0 Å². The van der Waals surface area contributed by atoms with Crippen LogP contribution in [0, 0.1) is 0 Å². The fourth-order valence-corrected chi connectivity index (χ4v) is 0.730. The number of anilines is 1. The third kappa shape index (κ3) is 1.29. The molecule has 48 valence electrons. The zero-order valence-electron chi connectivity index (χ0n) is 4.39. The van der Waals surface area contributed by atoms with Gasteiger partial charge in [0.25, 0.3) is 5.56 Å². The first-order chi connectivity index (χ1) is 4.20. The lowest BCUT2D eigenvalue weighted by Gasteiger charge is -1.88. The Morgan fingerprint density at radius 2 is 2.44 bits per heavy atom. The highest BCUT2D eigenvalue weighted by Crippen LogP contribution is 2.02. The molecule has 3 N–H and O–H groups in total. The Labute approximate surface area is 59.2 Å². The minimum Gasteiger partial charge on any atom is -0.394 e. The molecule has 0 bridgehead atoms. The van der Waals surface area contributed by atoms with Crippen molar-refractivity contribution < 1.29 is 0 Å². The first kappa shape index (κ1) is 6.28. The predicted molar refractivity (Wildman–Crippen MR) is 37.0 cm³/mol. The van der Waals surface area contributed by atoms with Crippen LogP contribution in [0.2, 0.25) is 0 Å². The monoisotopic (exact) mass is 189 g/mol. The molecule has 0 aliphatic carbocycles. The average Bonchev–Trinajstić information content (AvgIpc) is 1.80. The molecule has 4 nitrogen and oxygen atoms in total. The van der Waals surface area contributed by atoms with Gasteiger partial charge in [0, 0.05) is 6.07 Å². The number of nitrogen functional groups attached to an aromatic ring is 1. The number of hydrogen-bond donors (Lipinski definition) is 2. The van der Waals surface area contributed by atoms with Crippen molar-refractivity contribution in [1.82, 2.24) is 10.2 Å². The van der Waals surface area contributed by atoms with Gasteiger partial charge in [0.15, 0.2) is 0 Å². The van der Waals surface area contributed by atoms with Crippen LogP contribution in [-0.2, 0) is 0 Å². The molecule has 1 rings (SSSR count). The molecule has 9 heavy (non-hydrogen) atoms. The summed E-state index contributed by atoms with van der Waals surface area (Å²) < 4.78 is 0.527. The first-order valence-electron chi connectivity index (χ1n) is 2.21. The summed E-state index contributed by atoms with van der Waals surface area (Å²) in [6, 6.07) is 1.44. The summed E-state index contributed by atoms with van der Waals surface area (Å²) in [6.45, 7) is 0. The van der Waals surface area contributed by atoms with Gasteiger partial charge in [-0.25, -0.2) is 5.10 Å². The lowest BCUT2D eigenvalue weighted by Crippen LogP contribution is -2.12. The van der Waals surface area contributed by atoms with E-state index < -0.39 is 0 Å². The van der Waals surface area contributed by atoms with Crippen molar-refractivity contribution in [3.05, 3.63) is 21.0 Å². The van der Waals surface area contributed by atoms with E-state index in [4.69, 9.17) is 5.73 Å². The zero-order chi connectivity index (χ0) is 6.85. The number of aromatic amines is 1. The molecule has 0 aliphatic heterocycles. The molecular weight excluding hydrogens is 186 g/mol. The second-order valence-electron chi connectivity index (χ2n) is 1.48. The quantitative estimate of drug-likeness (QED) is 0.609. The standard InChI is InChI=1S/C4H4BrN3O/c5-3-1-2(6)4(9)8-7-3/h1H,(H2,6,7)(H,8,9). The molecule has 0 spiro atoms. The maximum absolute atomic E-state index is 10.5. The van der Waals surface area contributed by atoms with Gasteiger partial charge in [-0.1, -0.05) is 0 Å². The van der Waals surface area contributed by atoms with Crippen molar-refractivity contribution >= 4 is 21.6 Å². The van der Waals surface area contributed by atoms with Gasteiger partial charge in [-0.05, 0) is 15.9 Å². The molecular formula is C4H4BrN3O. The third-order valence-electron chi connectivity index (χ3n) is 0.801. The Morgan fingerprint density at radius 1 is 1.78 bits per heavy atom. The van der Waals surface area contributed by atoms with E-state index in [2.05, 4.69) is 26.1 Å². The fourth-order valence-electron chi connectivity index (χ4n) is 0.395. The molecule has 1 aromatic rings. The van der Waals surface area contributed by atoms with Gasteiger partial charge >= 0.3 is 0 Å². The van der Waals surface area contributed by atoms with E-state index in [0.717, 1.165) is 0 Å². The summed E-state index contributed by atoms with van der Waals surface area (Å²) in [7, 11) is 0. The number of nitrogens with zero attached hydrogens (tertiary/aromatic N) is 1. The SMILES string of the molecule is Nc1cc(Br)n[nH]c1=O. The maximum Gasteiger partial charge on any atom is 0.287 e. The first-order valence-corrected chi connectivity index (χ1v) is 3.00. The molecule has 0 atom stereocenters. The topological polar surface area (TPSA) is 71.8 Å². The summed E-state index contributed by atoms with van der Waals surface area (Å²) in [4.78, 5) is 10.5. The van der Waals surface area contributed by atoms with Crippen molar-refractivity contribution in [2.75, 3.05) is 5.73 Å². The van der Waals surface area contributed by atoms with Gasteiger partial charge in [-0.15, -0.1) is 0 Å². The summed E-state index contributed by atoms with van der Waals surface area (Å²) >= 11 is 3.04. The average molecular weight is 190 g/mol. The van der Waals surface area contributed by atoms with Crippen molar-refractivity contribution in [2.24, 2.45) is 0 Å². The van der Waals surface area contributed by atoms with Gasteiger partial charge in [0.1, 0.15) is 10.3 Å².